The molecule has 0 bridgehead atoms. The number of carboxylic acids is 1. The Balaban J connectivity index is 2.44. The number of hydrogen-bond acceptors (Lipinski definition) is 2. The summed E-state index contributed by atoms with van der Waals surface area (Å²) in [6.45, 7) is 0.153. The fraction of sp³-hybridized carbons (Fsp3) is 0.286. The second-order valence-corrected chi connectivity index (χ2v) is 5.14. The molecule has 1 heterocycles. The number of hydrogen-bond donors (Lipinski definition) is 1. The smallest absolute Gasteiger partial charge is 0.352 e. The van der Waals surface area contributed by atoms with Crippen molar-refractivity contribution in [3.8, 4) is 0 Å². The van der Waals surface area contributed by atoms with Gasteiger partial charge in [0.15, 0.2) is 22.9 Å². The zero-order chi connectivity index (χ0) is 15.3. The number of carboxylic acid groups (broad SMARTS) is 1. The van der Waals surface area contributed by atoms with Crippen LogP contribution in [0.4, 0.5) is 13.2 Å². The van der Waals surface area contributed by atoms with Crippen LogP contribution in [0, 0.1) is 23.4 Å². The van der Waals surface area contributed by atoms with Gasteiger partial charge in [0.1, 0.15) is 5.69 Å². The van der Waals surface area contributed by atoms with Gasteiger partial charge in [-0.2, -0.15) is 0 Å². The van der Waals surface area contributed by atoms with E-state index in [4.69, 9.17) is 5.11 Å². The molecule has 0 aliphatic heterocycles. The van der Waals surface area contributed by atoms with Crippen LogP contribution < -0.4 is 5.43 Å². The second kappa shape index (κ2) is 4.61. The van der Waals surface area contributed by atoms with Gasteiger partial charge in [-0.25, -0.2) is 18.0 Å². The zero-order valence-corrected chi connectivity index (χ0v) is 10.7. The first kappa shape index (κ1) is 13.7. The van der Waals surface area contributed by atoms with Gasteiger partial charge in [0.2, 0.25) is 0 Å². The van der Waals surface area contributed by atoms with Crippen molar-refractivity contribution in [2.45, 2.75) is 19.4 Å². The van der Waals surface area contributed by atoms with Gasteiger partial charge in [0, 0.05) is 12.6 Å². The van der Waals surface area contributed by atoms with Crippen LogP contribution in [-0.4, -0.2) is 15.6 Å². The highest BCUT2D eigenvalue weighted by Crippen LogP contribution is 2.33. The Hall–Kier alpha value is -2.31. The molecule has 1 N–H and O–H groups in total. The minimum atomic E-state index is -1.71. The lowest BCUT2D eigenvalue weighted by Gasteiger charge is -2.15. The quantitative estimate of drug-likeness (QED) is 0.886. The van der Waals surface area contributed by atoms with Crippen LogP contribution in [0.5, 0.6) is 0 Å². The standard InChI is InChI=1S/C14H10F3NO3/c15-8-3-7-10(19)4-9(14(20)21)18(5-6-1-2-6)13(7)12(17)11(8)16/h3-4,6H,1-2,5H2,(H,20,21). The summed E-state index contributed by atoms with van der Waals surface area (Å²) in [4.78, 5) is 23.1. The summed E-state index contributed by atoms with van der Waals surface area (Å²) in [5, 5.41) is 8.78. The average molecular weight is 297 g/mol. The van der Waals surface area contributed by atoms with Crippen molar-refractivity contribution < 1.29 is 23.1 Å². The highest BCUT2D eigenvalue weighted by Gasteiger charge is 2.27. The van der Waals surface area contributed by atoms with Crippen LogP contribution in [0.3, 0.4) is 0 Å². The summed E-state index contributed by atoms with van der Waals surface area (Å²) >= 11 is 0. The molecule has 7 heteroatoms. The van der Waals surface area contributed by atoms with Crippen molar-refractivity contribution in [3.63, 3.8) is 0 Å². The fourth-order valence-electron chi connectivity index (χ4n) is 2.36. The Morgan fingerprint density at radius 2 is 1.90 bits per heavy atom. The molecule has 0 amide bonds. The fourth-order valence-corrected chi connectivity index (χ4v) is 2.36. The summed E-state index contributed by atoms with van der Waals surface area (Å²) in [6, 6.07) is 1.41. The van der Waals surface area contributed by atoms with E-state index in [1.165, 1.54) is 0 Å². The van der Waals surface area contributed by atoms with E-state index in [2.05, 4.69) is 0 Å². The van der Waals surface area contributed by atoms with Gasteiger partial charge in [0.25, 0.3) is 0 Å². The highest BCUT2D eigenvalue weighted by atomic mass is 19.2. The number of fused-ring (bicyclic) bond motifs is 1. The number of benzene rings is 1. The van der Waals surface area contributed by atoms with Crippen LogP contribution in [0.15, 0.2) is 16.9 Å². The van der Waals surface area contributed by atoms with Crippen LogP contribution >= 0.6 is 0 Å². The highest BCUT2D eigenvalue weighted by molar-refractivity contribution is 5.90. The van der Waals surface area contributed by atoms with E-state index in [1.807, 2.05) is 0 Å². The number of carbonyl (C=O) groups is 1. The summed E-state index contributed by atoms with van der Waals surface area (Å²) < 4.78 is 41.8. The lowest BCUT2D eigenvalue weighted by molar-refractivity contribution is 0.0684. The van der Waals surface area contributed by atoms with Gasteiger partial charge in [-0.05, 0) is 24.8 Å². The van der Waals surface area contributed by atoms with E-state index < -0.39 is 40.1 Å². The summed E-state index contributed by atoms with van der Waals surface area (Å²) in [5.74, 6) is -5.99. The molecule has 1 fully saturated rings. The van der Waals surface area contributed by atoms with Gasteiger partial charge in [-0.15, -0.1) is 0 Å². The molecule has 4 nitrogen and oxygen atoms in total. The lowest BCUT2D eigenvalue weighted by Crippen LogP contribution is -2.20. The second-order valence-electron chi connectivity index (χ2n) is 5.14. The molecule has 0 saturated heterocycles. The third-order valence-electron chi connectivity index (χ3n) is 3.59. The Labute approximate surface area is 116 Å². The Kier molecular flexibility index (Phi) is 3.00. The monoisotopic (exact) mass is 297 g/mol. The molecular formula is C14H10F3NO3. The molecule has 1 aliphatic rings. The van der Waals surface area contributed by atoms with Crippen molar-refractivity contribution in [1.29, 1.82) is 0 Å². The average Bonchev–Trinajstić information content (AvgIpc) is 3.22. The maximum absolute atomic E-state index is 14.0. The van der Waals surface area contributed by atoms with Crippen molar-refractivity contribution in [2.24, 2.45) is 5.92 Å². The molecule has 21 heavy (non-hydrogen) atoms. The lowest BCUT2D eigenvalue weighted by atomic mass is 10.1. The normalized spacial score (nSPS) is 14.6. The molecule has 110 valence electrons. The topological polar surface area (TPSA) is 59.3 Å². The molecule has 1 aromatic heterocycles. The molecule has 1 saturated carbocycles. The van der Waals surface area contributed by atoms with E-state index in [0.29, 0.717) is 6.07 Å². The number of nitrogens with zero attached hydrogens (tertiary/aromatic N) is 1. The number of pyridine rings is 1. The van der Waals surface area contributed by atoms with Gasteiger partial charge in [0.05, 0.1) is 10.9 Å². The third-order valence-corrected chi connectivity index (χ3v) is 3.59. The number of aromatic carboxylic acids is 1. The predicted octanol–water partition coefficient (Wildman–Crippen LogP) is 2.53. The molecule has 0 atom stereocenters. The summed E-state index contributed by atoms with van der Waals surface area (Å²) in [5.41, 5.74) is -1.78. The van der Waals surface area contributed by atoms with Crippen LogP contribution in [0.2, 0.25) is 0 Å². The van der Waals surface area contributed by atoms with Gasteiger partial charge in [-0.1, -0.05) is 0 Å². The number of halogens is 3. The van der Waals surface area contributed by atoms with Gasteiger partial charge < -0.3 is 9.67 Å². The molecule has 0 radical (unpaired) electrons. The maximum Gasteiger partial charge on any atom is 0.352 e. The van der Waals surface area contributed by atoms with E-state index >= 15 is 0 Å². The molecule has 1 aliphatic carbocycles. The van der Waals surface area contributed by atoms with Crippen molar-refractivity contribution in [2.75, 3.05) is 0 Å². The van der Waals surface area contributed by atoms with E-state index in [1.54, 1.807) is 0 Å². The van der Waals surface area contributed by atoms with Crippen LogP contribution in [0.1, 0.15) is 23.3 Å². The van der Waals surface area contributed by atoms with Crippen molar-refractivity contribution >= 4 is 16.9 Å². The Morgan fingerprint density at radius 1 is 1.24 bits per heavy atom. The first-order chi connectivity index (χ1) is 9.90. The minimum Gasteiger partial charge on any atom is -0.477 e. The number of aromatic nitrogens is 1. The van der Waals surface area contributed by atoms with Crippen LogP contribution in [0.25, 0.3) is 10.9 Å². The molecular weight excluding hydrogens is 287 g/mol. The molecule has 3 rings (SSSR count). The summed E-state index contributed by atoms with van der Waals surface area (Å²) in [6.07, 6.45) is 1.69. The Morgan fingerprint density at radius 3 is 2.48 bits per heavy atom. The van der Waals surface area contributed by atoms with E-state index in [0.717, 1.165) is 23.5 Å². The van der Waals surface area contributed by atoms with Gasteiger partial charge in [-0.3, -0.25) is 4.79 Å². The largest absolute Gasteiger partial charge is 0.477 e. The predicted molar refractivity (Wildman–Crippen MR) is 67.8 cm³/mol. The first-order valence-electron chi connectivity index (χ1n) is 6.34. The molecule has 0 spiro atoms. The van der Waals surface area contributed by atoms with E-state index in [-0.39, 0.29) is 17.8 Å². The molecule has 1 aromatic carbocycles. The third kappa shape index (κ3) is 2.18. The zero-order valence-electron chi connectivity index (χ0n) is 10.7. The van der Waals surface area contributed by atoms with Crippen molar-refractivity contribution in [3.05, 3.63) is 45.5 Å². The SMILES string of the molecule is O=C(O)c1cc(=O)c2cc(F)c(F)c(F)c2n1CC1CC1. The van der Waals surface area contributed by atoms with Crippen LogP contribution in [-0.2, 0) is 6.54 Å². The Bertz CT molecular complexity index is 825. The molecule has 2 aromatic rings. The van der Waals surface area contributed by atoms with Gasteiger partial charge >= 0.3 is 5.97 Å². The minimum absolute atomic E-state index is 0.153. The maximum atomic E-state index is 14.0. The van der Waals surface area contributed by atoms with E-state index in [9.17, 15) is 22.8 Å². The molecule has 0 unspecified atom stereocenters. The van der Waals surface area contributed by atoms with Crippen molar-refractivity contribution in [1.82, 2.24) is 4.57 Å². The summed E-state index contributed by atoms with van der Waals surface area (Å²) in [7, 11) is 0. The number of rotatable bonds is 3. The first-order valence-corrected chi connectivity index (χ1v) is 6.34.